The number of benzene rings is 3. The van der Waals surface area contributed by atoms with E-state index in [9.17, 15) is 18.0 Å². The number of amides is 2. The van der Waals surface area contributed by atoms with Crippen LogP contribution in [0.5, 0.6) is 0 Å². The van der Waals surface area contributed by atoms with E-state index >= 15 is 0 Å². The van der Waals surface area contributed by atoms with E-state index in [1.54, 1.807) is 43.3 Å². The summed E-state index contributed by atoms with van der Waals surface area (Å²) in [5.41, 5.74) is 2.27. The molecule has 2 amide bonds. The second-order valence-electron chi connectivity index (χ2n) is 10.3. The number of carbonyl (C=O) groups excluding carboxylic acids is 2. The molecule has 220 valence electrons. The van der Waals surface area contributed by atoms with Crippen LogP contribution in [0.15, 0.2) is 66.7 Å². The largest absolute Gasteiger partial charge is 0.354 e. The lowest BCUT2D eigenvalue weighted by molar-refractivity contribution is -0.140. The maximum atomic E-state index is 14.1. The Hall–Kier alpha value is -2.78. The molecule has 0 unspecified atom stereocenters. The van der Waals surface area contributed by atoms with Crippen LogP contribution in [-0.4, -0.2) is 50.5 Å². The molecule has 0 aliphatic rings. The smallest absolute Gasteiger partial charge is 0.244 e. The maximum Gasteiger partial charge on any atom is 0.244 e. The second kappa shape index (κ2) is 14.4. The lowest BCUT2D eigenvalue weighted by Crippen LogP contribution is -2.53. The van der Waals surface area contributed by atoms with Crippen molar-refractivity contribution in [1.29, 1.82) is 0 Å². The van der Waals surface area contributed by atoms with Gasteiger partial charge in [-0.3, -0.25) is 13.9 Å². The monoisotopic (exact) mass is 637 g/mol. The topological polar surface area (TPSA) is 86.8 Å². The Kier molecular flexibility index (Phi) is 11.5. The molecule has 0 saturated carbocycles. The van der Waals surface area contributed by atoms with Gasteiger partial charge in [-0.2, -0.15) is 0 Å². The molecule has 0 saturated heterocycles. The number of halogens is 3. The van der Waals surface area contributed by atoms with Crippen molar-refractivity contribution in [3.8, 4) is 0 Å². The summed E-state index contributed by atoms with van der Waals surface area (Å²) >= 11 is 18.7. The zero-order chi connectivity index (χ0) is 30.3. The van der Waals surface area contributed by atoms with Gasteiger partial charge >= 0.3 is 0 Å². The molecule has 1 atom stereocenters. The minimum atomic E-state index is -3.91. The van der Waals surface area contributed by atoms with Gasteiger partial charge in [-0.25, -0.2) is 8.42 Å². The zero-order valence-corrected chi connectivity index (χ0v) is 26.5. The molecule has 0 aliphatic heterocycles. The molecule has 3 rings (SSSR count). The number of anilines is 1. The van der Waals surface area contributed by atoms with Gasteiger partial charge in [-0.1, -0.05) is 91.1 Å². The van der Waals surface area contributed by atoms with Crippen LogP contribution in [0.4, 0.5) is 5.69 Å². The number of nitrogens with one attached hydrogen (secondary N) is 1. The van der Waals surface area contributed by atoms with Crippen molar-refractivity contribution < 1.29 is 18.0 Å². The standard InChI is InChI=1S/C30H34Cl3N3O4S/c1-20(2)17-34-30(38)28(16-22-9-6-5-7-10-22)35(18-23-13-14-25(32)26(33)15-23)29(37)19-36(41(4,39)40)27-12-8-11-24(31)21(27)3/h5-15,20,28H,16-19H2,1-4H3,(H,34,38)/t28-/m0/s1. The first-order chi connectivity index (χ1) is 19.3. The lowest BCUT2D eigenvalue weighted by Gasteiger charge is -2.34. The molecule has 0 fully saturated rings. The number of rotatable bonds is 12. The van der Waals surface area contributed by atoms with E-state index in [1.165, 1.54) is 4.90 Å². The summed E-state index contributed by atoms with van der Waals surface area (Å²) in [5, 5.41) is 3.96. The minimum Gasteiger partial charge on any atom is -0.354 e. The third kappa shape index (κ3) is 9.10. The molecule has 41 heavy (non-hydrogen) atoms. The quantitative estimate of drug-likeness (QED) is 0.259. The predicted molar refractivity (Wildman–Crippen MR) is 167 cm³/mol. The fourth-order valence-corrected chi connectivity index (χ4v) is 5.66. The molecular weight excluding hydrogens is 605 g/mol. The summed E-state index contributed by atoms with van der Waals surface area (Å²) in [4.78, 5) is 29.2. The number of hydrogen-bond acceptors (Lipinski definition) is 4. The highest BCUT2D eigenvalue weighted by Gasteiger charge is 2.33. The molecule has 0 radical (unpaired) electrons. The van der Waals surface area contributed by atoms with Crippen molar-refractivity contribution in [2.45, 2.75) is 39.8 Å². The molecule has 11 heteroatoms. The number of nitrogens with zero attached hydrogens (tertiary/aromatic N) is 2. The highest BCUT2D eigenvalue weighted by atomic mass is 35.5. The Morgan fingerprint density at radius 1 is 0.878 bits per heavy atom. The Labute approximate surface area is 257 Å². The van der Waals surface area contributed by atoms with E-state index in [2.05, 4.69) is 5.32 Å². The van der Waals surface area contributed by atoms with Crippen LogP contribution in [0.3, 0.4) is 0 Å². The summed E-state index contributed by atoms with van der Waals surface area (Å²) < 4.78 is 27.0. The fraction of sp³-hybridized carbons (Fsp3) is 0.333. The van der Waals surface area contributed by atoms with Gasteiger partial charge in [0.15, 0.2) is 0 Å². The molecule has 3 aromatic carbocycles. The van der Waals surface area contributed by atoms with Crippen LogP contribution in [0, 0.1) is 12.8 Å². The molecule has 0 bridgehead atoms. The molecule has 3 aromatic rings. The van der Waals surface area contributed by atoms with E-state index in [0.717, 1.165) is 16.1 Å². The summed E-state index contributed by atoms with van der Waals surface area (Å²) in [6.45, 7) is 5.50. The molecule has 0 heterocycles. The Bertz CT molecular complexity index is 1480. The average molecular weight is 639 g/mol. The highest BCUT2D eigenvalue weighted by molar-refractivity contribution is 7.92. The van der Waals surface area contributed by atoms with Crippen molar-refractivity contribution >= 4 is 62.3 Å². The molecule has 0 spiro atoms. The second-order valence-corrected chi connectivity index (χ2v) is 13.4. The van der Waals surface area contributed by atoms with Crippen molar-refractivity contribution in [2.24, 2.45) is 5.92 Å². The lowest BCUT2D eigenvalue weighted by atomic mass is 10.0. The van der Waals surface area contributed by atoms with Crippen LogP contribution < -0.4 is 9.62 Å². The SMILES string of the molecule is Cc1c(Cl)cccc1N(CC(=O)N(Cc1ccc(Cl)c(Cl)c1)[C@@H](Cc1ccccc1)C(=O)NCC(C)C)S(C)(=O)=O. The average Bonchev–Trinajstić information content (AvgIpc) is 2.91. The van der Waals surface area contributed by atoms with Gasteiger partial charge in [-0.15, -0.1) is 0 Å². The Morgan fingerprint density at radius 2 is 1.56 bits per heavy atom. The van der Waals surface area contributed by atoms with Gasteiger partial charge in [-0.05, 0) is 53.8 Å². The summed E-state index contributed by atoms with van der Waals surface area (Å²) in [5.74, 6) is -0.732. The van der Waals surface area contributed by atoms with E-state index < -0.39 is 28.5 Å². The first-order valence-electron chi connectivity index (χ1n) is 13.1. The van der Waals surface area contributed by atoms with Crippen LogP contribution in [-0.2, 0) is 32.6 Å². The molecule has 0 aliphatic carbocycles. The van der Waals surface area contributed by atoms with Crippen LogP contribution in [0.1, 0.15) is 30.5 Å². The van der Waals surface area contributed by atoms with Gasteiger partial charge in [0.2, 0.25) is 21.8 Å². The Morgan fingerprint density at radius 3 is 2.17 bits per heavy atom. The van der Waals surface area contributed by atoms with Crippen LogP contribution in [0.25, 0.3) is 0 Å². The van der Waals surface area contributed by atoms with E-state index in [4.69, 9.17) is 34.8 Å². The van der Waals surface area contributed by atoms with Crippen molar-refractivity contribution in [1.82, 2.24) is 10.2 Å². The Balaban J connectivity index is 2.09. The summed E-state index contributed by atoms with van der Waals surface area (Å²) in [6.07, 6.45) is 1.24. The first kappa shape index (κ1) is 32.7. The zero-order valence-electron chi connectivity index (χ0n) is 23.4. The van der Waals surface area contributed by atoms with Gasteiger partial charge < -0.3 is 10.2 Å². The van der Waals surface area contributed by atoms with Crippen LogP contribution in [0.2, 0.25) is 15.1 Å². The number of sulfonamides is 1. The number of hydrogen-bond donors (Lipinski definition) is 1. The third-order valence-electron chi connectivity index (χ3n) is 6.48. The van der Waals surface area contributed by atoms with Gasteiger partial charge in [0.25, 0.3) is 0 Å². The first-order valence-corrected chi connectivity index (χ1v) is 16.0. The highest BCUT2D eigenvalue weighted by Crippen LogP contribution is 2.29. The minimum absolute atomic E-state index is 0.00551. The van der Waals surface area contributed by atoms with Crippen molar-refractivity contribution in [2.75, 3.05) is 23.7 Å². The van der Waals surface area contributed by atoms with Crippen molar-refractivity contribution in [3.63, 3.8) is 0 Å². The molecule has 0 aromatic heterocycles. The van der Waals surface area contributed by atoms with Crippen LogP contribution >= 0.6 is 34.8 Å². The number of carbonyl (C=O) groups is 2. The van der Waals surface area contributed by atoms with Gasteiger partial charge in [0.1, 0.15) is 12.6 Å². The molecule has 1 N–H and O–H groups in total. The molecular formula is C30H34Cl3N3O4S. The predicted octanol–water partition coefficient (Wildman–Crippen LogP) is 6.13. The van der Waals surface area contributed by atoms with E-state index in [0.29, 0.717) is 32.7 Å². The van der Waals surface area contributed by atoms with Gasteiger partial charge in [0.05, 0.1) is 22.0 Å². The van der Waals surface area contributed by atoms with Gasteiger partial charge in [0, 0.05) is 24.5 Å². The fourth-order valence-electron chi connectivity index (χ4n) is 4.27. The van der Waals surface area contributed by atoms with E-state index in [-0.39, 0.29) is 30.5 Å². The van der Waals surface area contributed by atoms with Crippen molar-refractivity contribution in [3.05, 3.63) is 98.5 Å². The maximum absolute atomic E-state index is 14.1. The summed E-state index contributed by atoms with van der Waals surface area (Å²) in [7, 11) is -3.91. The normalized spacial score (nSPS) is 12.2. The third-order valence-corrected chi connectivity index (χ3v) is 8.75. The molecule has 7 nitrogen and oxygen atoms in total. The van der Waals surface area contributed by atoms with E-state index in [1.807, 2.05) is 44.2 Å². The summed E-state index contributed by atoms with van der Waals surface area (Å²) in [6, 6.07) is 18.2.